The number of hydrogen-bond acceptors (Lipinski definition) is 7. The number of unbranched alkanes of at least 4 members (excludes halogenated alkanes) is 11. The van der Waals surface area contributed by atoms with Gasteiger partial charge >= 0.3 is 19.8 Å². The second kappa shape index (κ2) is 39.6. The first-order valence-electron chi connectivity index (χ1n) is 22.3. The Bertz CT molecular complexity index is 1260. The first-order chi connectivity index (χ1) is 28.0. The van der Waals surface area contributed by atoms with Crippen molar-refractivity contribution in [2.75, 3.05) is 47.5 Å². The third kappa shape index (κ3) is 42.8. The number of quaternary nitrogens is 1. The van der Waals surface area contributed by atoms with E-state index in [4.69, 9.17) is 18.5 Å². The van der Waals surface area contributed by atoms with Crippen LogP contribution in [0.15, 0.2) is 85.1 Å². The largest absolute Gasteiger partial charge is 0.472 e. The van der Waals surface area contributed by atoms with Crippen LogP contribution in [0.1, 0.15) is 155 Å². The van der Waals surface area contributed by atoms with Crippen molar-refractivity contribution in [3.8, 4) is 0 Å². The number of hydrogen-bond donors (Lipinski definition) is 1. The quantitative estimate of drug-likeness (QED) is 0.0214. The van der Waals surface area contributed by atoms with Gasteiger partial charge in [0.05, 0.1) is 27.7 Å². The van der Waals surface area contributed by atoms with Crippen molar-refractivity contribution < 1.29 is 42.1 Å². The molecule has 0 bridgehead atoms. The molecule has 332 valence electrons. The van der Waals surface area contributed by atoms with Crippen LogP contribution in [-0.4, -0.2) is 74.9 Å². The summed E-state index contributed by atoms with van der Waals surface area (Å²) in [6, 6.07) is 0. The average molecular weight is 833 g/mol. The van der Waals surface area contributed by atoms with Crippen LogP contribution in [-0.2, 0) is 32.7 Å². The third-order valence-corrected chi connectivity index (χ3v) is 9.89. The van der Waals surface area contributed by atoms with Crippen LogP contribution in [0.2, 0.25) is 0 Å². The number of carbonyl (C=O) groups is 2. The topological polar surface area (TPSA) is 108 Å². The van der Waals surface area contributed by atoms with Crippen LogP contribution >= 0.6 is 7.82 Å². The lowest BCUT2D eigenvalue weighted by atomic mass is 10.1. The van der Waals surface area contributed by atoms with E-state index in [-0.39, 0.29) is 26.1 Å². The highest BCUT2D eigenvalue weighted by Gasteiger charge is 2.27. The van der Waals surface area contributed by atoms with Crippen LogP contribution in [0.25, 0.3) is 0 Å². The molecular formula is C48H83NO8P+. The van der Waals surface area contributed by atoms with Gasteiger partial charge in [0, 0.05) is 12.8 Å². The Labute approximate surface area is 354 Å². The Hall–Kier alpha value is -2.81. The molecule has 0 aromatic rings. The summed E-state index contributed by atoms with van der Waals surface area (Å²) < 4.78 is 34.3. The van der Waals surface area contributed by atoms with Crippen molar-refractivity contribution in [3.63, 3.8) is 0 Å². The zero-order chi connectivity index (χ0) is 42.8. The molecule has 2 atom stereocenters. The molecule has 58 heavy (non-hydrogen) atoms. The van der Waals surface area contributed by atoms with Gasteiger partial charge in [-0.3, -0.25) is 18.6 Å². The molecule has 0 saturated carbocycles. The highest BCUT2D eigenvalue weighted by molar-refractivity contribution is 7.47. The first kappa shape index (κ1) is 55.2. The number of phosphoric acid groups is 1. The summed E-state index contributed by atoms with van der Waals surface area (Å²) >= 11 is 0. The number of nitrogens with zero attached hydrogens (tertiary/aromatic N) is 1. The summed E-state index contributed by atoms with van der Waals surface area (Å²) in [5, 5.41) is 0. The van der Waals surface area contributed by atoms with Crippen molar-refractivity contribution in [1.82, 2.24) is 0 Å². The average Bonchev–Trinajstić information content (AvgIpc) is 3.17. The lowest BCUT2D eigenvalue weighted by molar-refractivity contribution is -0.870. The van der Waals surface area contributed by atoms with Gasteiger partial charge in [-0.2, -0.15) is 0 Å². The van der Waals surface area contributed by atoms with Crippen molar-refractivity contribution in [3.05, 3.63) is 85.1 Å². The van der Waals surface area contributed by atoms with Gasteiger partial charge in [-0.25, -0.2) is 4.57 Å². The summed E-state index contributed by atoms with van der Waals surface area (Å²) in [5.41, 5.74) is 0. The highest BCUT2D eigenvalue weighted by atomic mass is 31.2. The zero-order valence-electron chi connectivity index (χ0n) is 37.2. The standard InChI is InChI=1S/C48H82NO8P/c1-6-8-10-12-14-16-18-20-22-23-24-25-27-29-31-33-35-37-39-41-48(51)57-46(45-56-58(52,53)55-43-42-49(3,4)5)44-54-47(50)40-38-36-34-32-30-28-26-21-19-17-15-13-11-9-7-2/h8,10,14-17,20-22,24-26,29,31,46H,6-7,9,11-13,18-19,23,27-28,30,32-45H2,1-5H3/p+1/b10-8-,16-14-,17-15-,22-20-,25-24-,26-21-,31-29-. The smallest absolute Gasteiger partial charge is 0.462 e. The molecule has 10 heteroatoms. The molecule has 0 aliphatic carbocycles. The van der Waals surface area contributed by atoms with Gasteiger partial charge in [0.2, 0.25) is 0 Å². The Balaban J connectivity index is 4.47. The first-order valence-corrected chi connectivity index (χ1v) is 23.8. The van der Waals surface area contributed by atoms with Crippen LogP contribution in [0.5, 0.6) is 0 Å². The molecule has 2 unspecified atom stereocenters. The maximum Gasteiger partial charge on any atom is 0.472 e. The monoisotopic (exact) mass is 833 g/mol. The molecule has 0 radical (unpaired) electrons. The predicted octanol–water partition coefficient (Wildman–Crippen LogP) is 12.8. The summed E-state index contributed by atoms with van der Waals surface area (Å²) in [5.74, 6) is -0.861. The van der Waals surface area contributed by atoms with Crippen molar-refractivity contribution in [2.45, 2.75) is 161 Å². The number of likely N-dealkylation sites (N-methyl/N-ethyl adjacent to an activating group) is 1. The van der Waals surface area contributed by atoms with E-state index >= 15 is 0 Å². The van der Waals surface area contributed by atoms with E-state index in [1.807, 2.05) is 21.1 Å². The minimum Gasteiger partial charge on any atom is -0.462 e. The fourth-order valence-electron chi connectivity index (χ4n) is 5.42. The van der Waals surface area contributed by atoms with Crippen molar-refractivity contribution in [2.24, 2.45) is 0 Å². The number of carbonyl (C=O) groups excluding carboxylic acids is 2. The van der Waals surface area contributed by atoms with Gasteiger partial charge in [0.1, 0.15) is 19.8 Å². The van der Waals surface area contributed by atoms with Gasteiger partial charge < -0.3 is 18.9 Å². The molecule has 0 spiro atoms. The second-order valence-electron chi connectivity index (χ2n) is 15.7. The van der Waals surface area contributed by atoms with Crippen LogP contribution < -0.4 is 0 Å². The molecule has 1 N–H and O–H groups in total. The molecule has 0 aromatic heterocycles. The number of phosphoric ester groups is 1. The summed E-state index contributed by atoms with van der Waals surface area (Å²) in [7, 11) is 1.43. The van der Waals surface area contributed by atoms with E-state index < -0.39 is 32.5 Å². The number of rotatable bonds is 39. The van der Waals surface area contributed by atoms with E-state index in [2.05, 4.69) is 98.9 Å². The van der Waals surface area contributed by atoms with E-state index in [0.717, 1.165) is 89.9 Å². The fourth-order valence-corrected chi connectivity index (χ4v) is 6.16. The Kier molecular flexibility index (Phi) is 37.7. The van der Waals surface area contributed by atoms with E-state index in [0.29, 0.717) is 23.9 Å². The predicted molar refractivity (Wildman–Crippen MR) is 242 cm³/mol. The van der Waals surface area contributed by atoms with E-state index in [1.54, 1.807) is 0 Å². The Morgan fingerprint density at radius 2 is 0.983 bits per heavy atom. The molecule has 0 rings (SSSR count). The normalized spacial score (nSPS) is 14.4. The third-order valence-electron chi connectivity index (χ3n) is 8.91. The lowest BCUT2D eigenvalue weighted by Crippen LogP contribution is -2.37. The Morgan fingerprint density at radius 3 is 1.48 bits per heavy atom. The van der Waals surface area contributed by atoms with Gasteiger partial charge in [0.15, 0.2) is 6.10 Å². The maximum absolute atomic E-state index is 12.7. The Morgan fingerprint density at radius 1 is 0.552 bits per heavy atom. The summed E-state index contributed by atoms with van der Waals surface area (Å²) in [4.78, 5) is 35.4. The molecule has 0 aliphatic heterocycles. The van der Waals surface area contributed by atoms with E-state index in [9.17, 15) is 19.0 Å². The van der Waals surface area contributed by atoms with Crippen molar-refractivity contribution >= 4 is 19.8 Å². The van der Waals surface area contributed by atoms with Crippen LogP contribution in [0.4, 0.5) is 0 Å². The van der Waals surface area contributed by atoms with Crippen molar-refractivity contribution in [1.29, 1.82) is 0 Å². The molecule has 0 saturated heterocycles. The van der Waals surface area contributed by atoms with Gasteiger partial charge in [-0.1, -0.05) is 137 Å². The molecule has 0 amide bonds. The van der Waals surface area contributed by atoms with Crippen LogP contribution in [0.3, 0.4) is 0 Å². The summed E-state index contributed by atoms with van der Waals surface area (Å²) in [6.07, 6.45) is 50.6. The molecule has 0 fully saturated rings. The van der Waals surface area contributed by atoms with Gasteiger partial charge in [-0.05, 0) is 89.9 Å². The zero-order valence-corrected chi connectivity index (χ0v) is 38.1. The van der Waals surface area contributed by atoms with Gasteiger partial charge in [0.25, 0.3) is 0 Å². The maximum atomic E-state index is 12.7. The molecule has 9 nitrogen and oxygen atoms in total. The number of esters is 2. The highest BCUT2D eigenvalue weighted by Crippen LogP contribution is 2.43. The van der Waals surface area contributed by atoms with Crippen LogP contribution in [0, 0.1) is 0 Å². The fraction of sp³-hybridized carbons (Fsp3) is 0.667. The minimum absolute atomic E-state index is 0.0178. The molecular weight excluding hydrogens is 750 g/mol. The molecule has 0 heterocycles. The number of allylic oxidation sites excluding steroid dienone is 14. The summed E-state index contributed by atoms with van der Waals surface area (Å²) in [6.45, 7) is 4.20. The van der Waals surface area contributed by atoms with E-state index in [1.165, 1.54) is 25.7 Å². The lowest BCUT2D eigenvalue weighted by Gasteiger charge is -2.24. The SMILES string of the molecule is CC/C=C\C/C=C\C/C=C\C/C=C\C/C=C\CCCCCC(=O)OC(COC(=O)CCCCCCC/C=C\C/C=C\CCCCC)COP(=O)(O)OCC[N+](C)(C)C. The minimum atomic E-state index is -4.39. The second-order valence-corrected chi connectivity index (χ2v) is 17.1. The number of ether oxygens (including phenoxy) is 2. The van der Waals surface area contributed by atoms with Gasteiger partial charge in [-0.15, -0.1) is 0 Å². The molecule has 0 aromatic carbocycles. The molecule has 0 aliphatic rings.